The van der Waals surface area contributed by atoms with Crippen LogP contribution >= 0.6 is 0 Å². The van der Waals surface area contributed by atoms with E-state index in [1.165, 1.54) is 0 Å². The van der Waals surface area contributed by atoms with Gasteiger partial charge in [0.05, 0.1) is 11.6 Å². The van der Waals surface area contributed by atoms with E-state index in [0.717, 1.165) is 12.8 Å². The van der Waals surface area contributed by atoms with Crippen LogP contribution in [0.25, 0.3) is 0 Å². The van der Waals surface area contributed by atoms with Gasteiger partial charge in [-0.1, -0.05) is 26.7 Å². The molecular formula is C14H18N2O. The van der Waals surface area contributed by atoms with Crippen LogP contribution in [0.4, 0.5) is 0 Å². The molecule has 0 atom stereocenters. The van der Waals surface area contributed by atoms with Gasteiger partial charge < -0.3 is 5.32 Å². The minimum atomic E-state index is -0.0682. The summed E-state index contributed by atoms with van der Waals surface area (Å²) in [5.41, 5.74) is 1.18. The van der Waals surface area contributed by atoms with E-state index in [4.69, 9.17) is 5.26 Å². The van der Waals surface area contributed by atoms with Gasteiger partial charge in [0, 0.05) is 12.1 Å². The number of hydrogen-bond donors (Lipinski definition) is 1. The van der Waals surface area contributed by atoms with Gasteiger partial charge in [-0.25, -0.2) is 0 Å². The fourth-order valence-corrected chi connectivity index (χ4v) is 1.61. The quantitative estimate of drug-likeness (QED) is 0.845. The first kappa shape index (κ1) is 13.2. The van der Waals surface area contributed by atoms with Crippen LogP contribution in [0, 0.1) is 17.2 Å². The summed E-state index contributed by atoms with van der Waals surface area (Å²) in [6.07, 6.45) is 2.15. The first-order valence-corrected chi connectivity index (χ1v) is 5.99. The van der Waals surface area contributed by atoms with Gasteiger partial charge in [-0.3, -0.25) is 4.79 Å². The maximum atomic E-state index is 11.8. The zero-order chi connectivity index (χ0) is 12.7. The summed E-state index contributed by atoms with van der Waals surface area (Å²) in [6.45, 7) is 4.97. The molecule has 1 rings (SSSR count). The van der Waals surface area contributed by atoms with Crippen molar-refractivity contribution in [3.05, 3.63) is 35.4 Å². The first-order chi connectivity index (χ1) is 8.21. The summed E-state index contributed by atoms with van der Waals surface area (Å²) in [7, 11) is 0. The van der Waals surface area contributed by atoms with Crippen molar-refractivity contribution in [2.24, 2.45) is 5.92 Å². The average molecular weight is 230 g/mol. The Bertz CT molecular complexity index is 399. The third-order valence-corrected chi connectivity index (χ3v) is 2.98. The maximum Gasteiger partial charge on any atom is 0.251 e. The van der Waals surface area contributed by atoms with E-state index >= 15 is 0 Å². The van der Waals surface area contributed by atoms with Crippen LogP contribution in [-0.4, -0.2) is 12.5 Å². The molecule has 0 saturated carbocycles. The average Bonchev–Trinajstić information content (AvgIpc) is 2.39. The second kappa shape index (κ2) is 6.70. The van der Waals surface area contributed by atoms with Gasteiger partial charge in [0.2, 0.25) is 0 Å². The Balaban J connectivity index is 2.55. The molecule has 17 heavy (non-hydrogen) atoms. The number of rotatable bonds is 5. The molecule has 0 spiro atoms. The van der Waals surface area contributed by atoms with E-state index in [1.54, 1.807) is 24.3 Å². The van der Waals surface area contributed by atoms with Crippen LogP contribution in [0.15, 0.2) is 24.3 Å². The highest BCUT2D eigenvalue weighted by molar-refractivity contribution is 5.94. The number of benzene rings is 1. The van der Waals surface area contributed by atoms with Gasteiger partial charge in [0.25, 0.3) is 5.91 Å². The summed E-state index contributed by atoms with van der Waals surface area (Å²) in [5.74, 6) is 0.471. The summed E-state index contributed by atoms with van der Waals surface area (Å²) >= 11 is 0. The van der Waals surface area contributed by atoms with Crippen molar-refractivity contribution < 1.29 is 4.79 Å². The van der Waals surface area contributed by atoms with E-state index in [1.807, 2.05) is 6.07 Å². The number of carbonyl (C=O) groups excluding carboxylic acids is 1. The molecule has 1 aromatic carbocycles. The van der Waals surface area contributed by atoms with Crippen molar-refractivity contribution >= 4 is 5.91 Å². The molecule has 3 nitrogen and oxygen atoms in total. The number of nitrogens with one attached hydrogen (secondary N) is 1. The number of hydrogen-bond acceptors (Lipinski definition) is 2. The van der Waals surface area contributed by atoms with E-state index in [0.29, 0.717) is 23.6 Å². The number of amides is 1. The molecule has 0 heterocycles. The second-order valence-corrected chi connectivity index (χ2v) is 4.08. The molecule has 0 aliphatic heterocycles. The maximum absolute atomic E-state index is 11.8. The molecule has 0 fully saturated rings. The van der Waals surface area contributed by atoms with Crippen molar-refractivity contribution in [2.45, 2.75) is 26.7 Å². The van der Waals surface area contributed by atoms with Crippen molar-refractivity contribution in [3.8, 4) is 6.07 Å². The van der Waals surface area contributed by atoms with Crippen LogP contribution in [0.3, 0.4) is 0 Å². The summed E-state index contributed by atoms with van der Waals surface area (Å²) in [5, 5.41) is 11.6. The zero-order valence-electron chi connectivity index (χ0n) is 10.4. The molecule has 0 saturated heterocycles. The molecule has 90 valence electrons. The fraction of sp³-hybridized carbons (Fsp3) is 0.429. The van der Waals surface area contributed by atoms with E-state index in [2.05, 4.69) is 19.2 Å². The predicted molar refractivity (Wildman–Crippen MR) is 67.6 cm³/mol. The number of nitriles is 1. The Morgan fingerprint density at radius 1 is 1.29 bits per heavy atom. The Hall–Kier alpha value is -1.82. The Morgan fingerprint density at radius 2 is 1.88 bits per heavy atom. The largest absolute Gasteiger partial charge is 0.352 e. The van der Waals surface area contributed by atoms with E-state index < -0.39 is 0 Å². The molecule has 0 radical (unpaired) electrons. The standard InChI is InChI=1S/C14H18N2O/c1-3-11(4-2)10-16-14(17)13-7-5-12(9-15)6-8-13/h5-8,11H,3-4,10H2,1-2H3,(H,16,17). The zero-order valence-corrected chi connectivity index (χ0v) is 10.4. The van der Waals surface area contributed by atoms with Gasteiger partial charge in [0.1, 0.15) is 0 Å². The Labute approximate surface area is 102 Å². The minimum Gasteiger partial charge on any atom is -0.352 e. The van der Waals surface area contributed by atoms with Gasteiger partial charge in [-0.15, -0.1) is 0 Å². The van der Waals surface area contributed by atoms with E-state index in [9.17, 15) is 4.79 Å². The van der Waals surface area contributed by atoms with Gasteiger partial charge >= 0.3 is 0 Å². The van der Waals surface area contributed by atoms with E-state index in [-0.39, 0.29) is 5.91 Å². The van der Waals surface area contributed by atoms with Crippen molar-refractivity contribution in [1.29, 1.82) is 5.26 Å². The second-order valence-electron chi connectivity index (χ2n) is 4.08. The van der Waals surface area contributed by atoms with Gasteiger partial charge in [-0.2, -0.15) is 5.26 Å². The van der Waals surface area contributed by atoms with Crippen LogP contribution in [-0.2, 0) is 0 Å². The third-order valence-electron chi connectivity index (χ3n) is 2.98. The predicted octanol–water partition coefficient (Wildman–Crippen LogP) is 2.72. The van der Waals surface area contributed by atoms with Crippen molar-refractivity contribution in [2.75, 3.05) is 6.54 Å². The summed E-state index contributed by atoms with van der Waals surface area (Å²) < 4.78 is 0. The highest BCUT2D eigenvalue weighted by Crippen LogP contribution is 2.07. The lowest BCUT2D eigenvalue weighted by Gasteiger charge is -2.13. The smallest absolute Gasteiger partial charge is 0.251 e. The molecule has 0 bridgehead atoms. The normalized spacial score (nSPS) is 10.0. The highest BCUT2D eigenvalue weighted by atomic mass is 16.1. The molecule has 3 heteroatoms. The molecule has 1 amide bonds. The molecule has 0 unspecified atom stereocenters. The first-order valence-electron chi connectivity index (χ1n) is 5.99. The highest BCUT2D eigenvalue weighted by Gasteiger charge is 2.08. The Kier molecular flexibility index (Phi) is 5.22. The molecular weight excluding hydrogens is 212 g/mol. The summed E-state index contributed by atoms with van der Waals surface area (Å²) in [4.78, 5) is 11.8. The summed E-state index contributed by atoms with van der Waals surface area (Å²) in [6, 6.07) is 8.71. The van der Waals surface area contributed by atoms with Crippen LogP contribution < -0.4 is 5.32 Å². The molecule has 1 aromatic rings. The SMILES string of the molecule is CCC(CC)CNC(=O)c1ccc(C#N)cc1. The lowest BCUT2D eigenvalue weighted by atomic mass is 10.0. The molecule has 0 aliphatic carbocycles. The monoisotopic (exact) mass is 230 g/mol. The minimum absolute atomic E-state index is 0.0682. The topological polar surface area (TPSA) is 52.9 Å². The lowest BCUT2D eigenvalue weighted by molar-refractivity contribution is 0.0946. The van der Waals surface area contributed by atoms with Crippen LogP contribution in [0.1, 0.15) is 42.6 Å². The molecule has 0 aliphatic rings. The molecule has 0 aromatic heterocycles. The van der Waals surface area contributed by atoms with Gasteiger partial charge in [-0.05, 0) is 30.2 Å². The van der Waals surface area contributed by atoms with Gasteiger partial charge in [0.15, 0.2) is 0 Å². The third kappa shape index (κ3) is 3.92. The number of nitrogens with zero attached hydrogens (tertiary/aromatic N) is 1. The van der Waals surface area contributed by atoms with Crippen LogP contribution in [0.2, 0.25) is 0 Å². The van der Waals surface area contributed by atoms with Crippen LogP contribution in [0.5, 0.6) is 0 Å². The lowest BCUT2D eigenvalue weighted by Crippen LogP contribution is -2.28. The number of carbonyl (C=O) groups is 1. The van der Waals surface area contributed by atoms with Crippen molar-refractivity contribution in [3.63, 3.8) is 0 Å². The Morgan fingerprint density at radius 3 is 2.35 bits per heavy atom. The molecule has 1 N–H and O–H groups in total. The fourth-order valence-electron chi connectivity index (χ4n) is 1.61. The van der Waals surface area contributed by atoms with Crippen molar-refractivity contribution in [1.82, 2.24) is 5.32 Å².